The molecule has 1 rings (SSSR count). The van der Waals surface area contributed by atoms with Gasteiger partial charge in [0, 0.05) is 0 Å². The third-order valence-electron chi connectivity index (χ3n) is 2.93. The summed E-state index contributed by atoms with van der Waals surface area (Å²) in [5, 5.41) is 9.99. The van der Waals surface area contributed by atoms with Crippen molar-refractivity contribution in [2.45, 2.75) is 46.1 Å². The van der Waals surface area contributed by atoms with Crippen molar-refractivity contribution in [3.05, 3.63) is 35.4 Å². The van der Waals surface area contributed by atoms with Crippen molar-refractivity contribution in [3.8, 4) is 0 Å². The molecule has 0 bridgehead atoms. The van der Waals surface area contributed by atoms with Gasteiger partial charge in [0.05, 0.1) is 6.10 Å². The molecule has 0 aliphatic carbocycles. The first-order valence-corrected chi connectivity index (χ1v) is 5.87. The minimum Gasteiger partial charge on any atom is -0.393 e. The van der Waals surface area contributed by atoms with Crippen molar-refractivity contribution in [1.29, 1.82) is 0 Å². The fourth-order valence-corrected chi connectivity index (χ4v) is 1.93. The van der Waals surface area contributed by atoms with E-state index in [0.717, 1.165) is 19.3 Å². The number of aliphatic hydroxyl groups is 1. The van der Waals surface area contributed by atoms with Gasteiger partial charge in [-0.05, 0) is 31.2 Å². The molecule has 1 aromatic carbocycles. The maximum Gasteiger partial charge on any atom is 0.0606 e. The zero-order valence-corrected chi connectivity index (χ0v) is 10.0. The molecule has 0 saturated heterocycles. The molecule has 1 nitrogen and oxygen atoms in total. The Labute approximate surface area is 93.1 Å². The normalized spacial score (nSPS) is 14.9. The molecule has 84 valence electrons. The monoisotopic (exact) mass is 206 g/mol. The summed E-state index contributed by atoms with van der Waals surface area (Å²) >= 11 is 0. The van der Waals surface area contributed by atoms with E-state index in [-0.39, 0.29) is 6.10 Å². The quantitative estimate of drug-likeness (QED) is 0.783. The summed E-state index contributed by atoms with van der Waals surface area (Å²) in [6.07, 6.45) is 2.83. The highest BCUT2D eigenvalue weighted by Crippen LogP contribution is 2.15. The van der Waals surface area contributed by atoms with E-state index in [2.05, 4.69) is 45.0 Å². The molecule has 0 aliphatic heterocycles. The van der Waals surface area contributed by atoms with Crippen LogP contribution in [0.5, 0.6) is 0 Å². The summed E-state index contributed by atoms with van der Waals surface area (Å²) in [7, 11) is 0. The van der Waals surface area contributed by atoms with Gasteiger partial charge < -0.3 is 5.11 Å². The van der Waals surface area contributed by atoms with Crippen LogP contribution in [0.1, 0.15) is 37.8 Å². The first-order chi connectivity index (χ1) is 7.13. The smallest absolute Gasteiger partial charge is 0.0606 e. The summed E-state index contributed by atoms with van der Waals surface area (Å²) in [6, 6.07) is 8.39. The number of benzene rings is 1. The molecule has 0 radical (unpaired) electrons. The molecule has 0 amide bonds. The van der Waals surface area contributed by atoms with Crippen LogP contribution in [-0.4, -0.2) is 11.2 Å². The SMILES string of the molecule is CCCC(C)C(O)Cc1cccc(C)c1. The van der Waals surface area contributed by atoms with Crippen LogP contribution in [0, 0.1) is 12.8 Å². The van der Waals surface area contributed by atoms with E-state index in [0.29, 0.717) is 5.92 Å². The second-order valence-electron chi connectivity index (χ2n) is 4.53. The molecule has 0 fully saturated rings. The standard InChI is InChI=1S/C14H22O/c1-4-6-12(3)14(15)10-13-8-5-7-11(2)9-13/h5,7-9,12,14-15H,4,6,10H2,1-3H3. The third kappa shape index (κ3) is 4.05. The summed E-state index contributed by atoms with van der Waals surface area (Å²) < 4.78 is 0. The van der Waals surface area contributed by atoms with Crippen LogP contribution < -0.4 is 0 Å². The fraction of sp³-hybridized carbons (Fsp3) is 0.571. The zero-order valence-electron chi connectivity index (χ0n) is 10.0. The maximum atomic E-state index is 9.99. The Morgan fingerprint density at radius 3 is 2.67 bits per heavy atom. The van der Waals surface area contributed by atoms with Crippen molar-refractivity contribution in [1.82, 2.24) is 0 Å². The molecule has 1 aromatic rings. The Bertz CT molecular complexity index is 293. The molecule has 15 heavy (non-hydrogen) atoms. The third-order valence-corrected chi connectivity index (χ3v) is 2.93. The van der Waals surface area contributed by atoms with E-state index in [4.69, 9.17) is 0 Å². The lowest BCUT2D eigenvalue weighted by Crippen LogP contribution is -2.20. The van der Waals surface area contributed by atoms with Gasteiger partial charge in [0.1, 0.15) is 0 Å². The van der Waals surface area contributed by atoms with Crippen molar-refractivity contribution in [3.63, 3.8) is 0 Å². The lowest BCUT2D eigenvalue weighted by Gasteiger charge is -2.18. The van der Waals surface area contributed by atoms with E-state index in [9.17, 15) is 5.11 Å². The molecular weight excluding hydrogens is 184 g/mol. The van der Waals surface area contributed by atoms with Crippen molar-refractivity contribution < 1.29 is 5.11 Å². The van der Waals surface area contributed by atoms with Gasteiger partial charge in [0.2, 0.25) is 0 Å². The molecular formula is C14H22O. The van der Waals surface area contributed by atoms with Gasteiger partial charge in [-0.3, -0.25) is 0 Å². The lowest BCUT2D eigenvalue weighted by atomic mass is 9.93. The van der Waals surface area contributed by atoms with Gasteiger partial charge in [-0.25, -0.2) is 0 Å². The molecule has 1 heteroatoms. The molecule has 0 aromatic heterocycles. The molecule has 0 saturated carbocycles. The van der Waals surface area contributed by atoms with Crippen LogP contribution in [0.4, 0.5) is 0 Å². The zero-order chi connectivity index (χ0) is 11.3. The van der Waals surface area contributed by atoms with Gasteiger partial charge in [0.25, 0.3) is 0 Å². The number of aliphatic hydroxyl groups excluding tert-OH is 1. The molecule has 2 unspecified atom stereocenters. The average molecular weight is 206 g/mol. The van der Waals surface area contributed by atoms with Gasteiger partial charge >= 0.3 is 0 Å². The largest absolute Gasteiger partial charge is 0.393 e. The molecule has 1 N–H and O–H groups in total. The van der Waals surface area contributed by atoms with Crippen LogP contribution >= 0.6 is 0 Å². The van der Waals surface area contributed by atoms with Crippen LogP contribution in [0.3, 0.4) is 0 Å². The Kier molecular flexibility index (Phi) is 4.83. The predicted molar refractivity (Wildman–Crippen MR) is 65.0 cm³/mol. The molecule has 0 heterocycles. The van der Waals surface area contributed by atoms with Gasteiger partial charge in [-0.2, -0.15) is 0 Å². The van der Waals surface area contributed by atoms with E-state index in [1.165, 1.54) is 11.1 Å². The minimum absolute atomic E-state index is 0.202. The maximum absolute atomic E-state index is 9.99. The summed E-state index contributed by atoms with van der Waals surface area (Å²) in [5.74, 6) is 0.399. The van der Waals surface area contributed by atoms with E-state index < -0.39 is 0 Å². The van der Waals surface area contributed by atoms with Crippen LogP contribution in [0.25, 0.3) is 0 Å². The second-order valence-corrected chi connectivity index (χ2v) is 4.53. The van der Waals surface area contributed by atoms with Crippen LogP contribution in [0.15, 0.2) is 24.3 Å². The number of hydrogen-bond donors (Lipinski definition) is 1. The van der Waals surface area contributed by atoms with Crippen molar-refractivity contribution in [2.24, 2.45) is 5.92 Å². The molecule has 2 atom stereocenters. The first-order valence-electron chi connectivity index (χ1n) is 5.87. The highest BCUT2D eigenvalue weighted by atomic mass is 16.3. The Hall–Kier alpha value is -0.820. The Balaban J connectivity index is 2.54. The van der Waals surface area contributed by atoms with Crippen molar-refractivity contribution in [2.75, 3.05) is 0 Å². The lowest BCUT2D eigenvalue weighted by molar-refractivity contribution is 0.111. The topological polar surface area (TPSA) is 20.2 Å². The van der Waals surface area contributed by atoms with E-state index >= 15 is 0 Å². The van der Waals surface area contributed by atoms with Gasteiger partial charge in [-0.1, -0.05) is 50.1 Å². The highest BCUT2D eigenvalue weighted by molar-refractivity contribution is 5.22. The Morgan fingerprint density at radius 1 is 1.33 bits per heavy atom. The summed E-state index contributed by atoms with van der Waals surface area (Å²) in [4.78, 5) is 0. The second kappa shape index (κ2) is 5.92. The summed E-state index contributed by atoms with van der Waals surface area (Å²) in [6.45, 7) is 6.38. The first kappa shape index (κ1) is 12.3. The summed E-state index contributed by atoms with van der Waals surface area (Å²) in [5.41, 5.74) is 2.51. The van der Waals surface area contributed by atoms with Crippen LogP contribution in [-0.2, 0) is 6.42 Å². The van der Waals surface area contributed by atoms with Crippen molar-refractivity contribution >= 4 is 0 Å². The number of hydrogen-bond acceptors (Lipinski definition) is 1. The van der Waals surface area contributed by atoms with Crippen LogP contribution in [0.2, 0.25) is 0 Å². The van der Waals surface area contributed by atoms with Gasteiger partial charge in [0.15, 0.2) is 0 Å². The predicted octanol–water partition coefficient (Wildman–Crippen LogP) is 3.33. The number of rotatable bonds is 5. The Morgan fingerprint density at radius 2 is 2.07 bits per heavy atom. The highest BCUT2D eigenvalue weighted by Gasteiger charge is 2.13. The molecule has 0 aliphatic rings. The minimum atomic E-state index is -0.202. The average Bonchev–Trinajstić information content (AvgIpc) is 2.18. The van der Waals surface area contributed by atoms with E-state index in [1.807, 2.05) is 0 Å². The molecule has 0 spiro atoms. The van der Waals surface area contributed by atoms with E-state index in [1.54, 1.807) is 0 Å². The van der Waals surface area contributed by atoms with Gasteiger partial charge in [-0.15, -0.1) is 0 Å². The number of aryl methyl sites for hydroxylation is 1. The fourth-order valence-electron chi connectivity index (χ4n) is 1.93.